The Morgan fingerprint density at radius 2 is 2.00 bits per heavy atom. The van der Waals surface area contributed by atoms with E-state index in [0.717, 1.165) is 6.42 Å². The summed E-state index contributed by atoms with van der Waals surface area (Å²) < 4.78 is 18.6. The molecule has 1 aliphatic heterocycles. The zero-order valence-electron chi connectivity index (χ0n) is 13.9. The summed E-state index contributed by atoms with van der Waals surface area (Å²) in [5, 5.41) is 0. The van der Waals surface area contributed by atoms with Crippen LogP contribution in [0.3, 0.4) is 0 Å². The second-order valence-electron chi connectivity index (χ2n) is 5.84. The van der Waals surface area contributed by atoms with E-state index in [9.17, 15) is 14.0 Å². The van der Waals surface area contributed by atoms with Crippen molar-refractivity contribution in [3.05, 3.63) is 59.9 Å². The molecule has 1 heterocycles. The first-order chi connectivity index (χ1) is 12.1. The largest absolute Gasteiger partial charge is 0.497 e. The van der Waals surface area contributed by atoms with Crippen LogP contribution >= 0.6 is 0 Å². The van der Waals surface area contributed by atoms with E-state index in [0.29, 0.717) is 24.4 Å². The van der Waals surface area contributed by atoms with Gasteiger partial charge < -0.3 is 9.64 Å². The van der Waals surface area contributed by atoms with Gasteiger partial charge in [0.2, 0.25) is 5.91 Å². The van der Waals surface area contributed by atoms with E-state index >= 15 is 0 Å². The Kier molecular flexibility index (Phi) is 4.97. The molecule has 1 aliphatic rings. The summed E-state index contributed by atoms with van der Waals surface area (Å²) in [7, 11) is 1.56. The standard InChI is InChI=1S/C19H19FN2O3/c1-25-17-9-7-16(8-10-17)22(13-21-11-3-6-18(21)23)19(24)14-4-2-5-15(20)12-14/h2,4-5,7-10,12H,3,6,11,13H2,1H3. The minimum atomic E-state index is -0.474. The van der Waals surface area contributed by atoms with E-state index in [-0.39, 0.29) is 24.0 Å². The molecule has 1 saturated heterocycles. The Morgan fingerprint density at radius 1 is 1.24 bits per heavy atom. The van der Waals surface area contributed by atoms with Gasteiger partial charge in [-0.05, 0) is 48.9 Å². The van der Waals surface area contributed by atoms with E-state index in [1.54, 1.807) is 42.3 Å². The van der Waals surface area contributed by atoms with Crippen molar-refractivity contribution in [3.63, 3.8) is 0 Å². The lowest BCUT2D eigenvalue weighted by atomic mass is 10.1. The van der Waals surface area contributed by atoms with Gasteiger partial charge in [0, 0.05) is 24.2 Å². The number of halogens is 1. The Morgan fingerprint density at radius 3 is 2.60 bits per heavy atom. The minimum Gasteiger partial charge on any atom is -0.497 e. The highest BCUT2D eigenvalue weighted by Crippen LogP contribution is 2.23. The molecular weight excluding hydrogens is 323 g/mol. The van der Waals surface area contributed by atoms with Crippen molar-refractivity contribution in [1.29, 1.82) is 0 Å². The van der Waals surface area contributed by atoms with Gasteiger partial charge in [-0.1, -0.05) is 6.07 Å². The predicted octanol–water partition coefficient (Wildman–Crippen LogP) is 3.06. The second kappa shape index (κ2) is 7.34. The highest BCUT2D eigenvalue weighted by Gasteiger charge is 2.26. The number of amides is 2. The first kappa shape index (κ1) is 17.0. The molecule has 0 radical (unpaired) electrons. The zero-order chi connectivity index (χ0) is 17.8. The first-order valence-electron chi connectivity index (χ1n) is 8.08. The molecule has 2 aromatic carbocycles. The van der Waals surface area contributed by atoms with Gasteiger partial charge in [0.25, 0.3) is 5.91 Å². The van der Waals surface area contributed by atoms with Crippen LogP contribution in [0.1, 0.15) is 23.2 Å². The summed E-state index contributed by atoms with van der Waals surface area (Å²) in [6.07, 6.45) is 1.27. The van der Waals surface area contributed by atoms with E-state index in [2.05, 4.69) is 0 Å². The van der Waals surface area contributed by atoms with Crippen molar-refractivity contribution in [1.82, 2.24) is 4.90 Å². The maximum Gasteiger partial charge on any atom is 0.259 e. The number of benzene rings is 2. The van der Waals surface area contributed by atoms with Crippen LogP contribution < -0.4 is 9.64 Å². The number of hydrogen-bond acceptors (Lipinski definition) is 3. The molecule has 1 fully saturated rings. The average molecular weight is 342 g/mol. The number of nitrogens with zero attached hydrogens (tertiary/aromatic N) is 2. The molecule has 0 bridgehead atoms. The highest BCUT2D eigenvalue weighted by molar-refractivity contribution is 6.06. The van der Waals surface area contributed by atoms with Gasteiger partial charge in [-0.2, -0.15) is 0 Å². The fourth-order valence-corrected chi connectivity index (χ4v) is 2.83. The summed E-state index contributed by atoms with van der Waals surface area (Å²) >= 11 is 0. The molecular formula is C19H19FN2O3. The predicted molar refractivity (Wildman–Crippen MR) is 92.0 cm³/mol. The minimum absolute atomic E-state index is 0.0190. The van der Waals surface area contributed by atoms with Gasteiger partial charge >= 0.3 is 0 Å². The number of rotatable bonds is 5. The Labute approximate surface area is 145 Å². The lowest BCUT2D eigenvalue weighted by Crippen LogP contribution is -2.42. The molecule has 6 heteroatoms. The molecule has 3 rings (SSSR count). The SMILES string of the molecule is COc1ccc(N(CN2CCCC2=O)C(=O)c2cccc(F)c2)cc1. The molecule has 130 valence electrons. The molecule has 2 amide bonds. The molecule has 0 unspecified atom stereocenters. The van der Waals surface area contributed by atoms with Crippen LogP contribution in [0.25, 0.3) is 0 Å². The lowest BCUT2D eigenvalue weighted by molar-refractivity contribution is -0.127. The Balaban J connectivity index is 1.92. The average Bonchev–Trinajstić information content (AvgIpc) is 3.04. The number of carbonyl (C=O) groups is 2. The van der Waals surface area contributed by atoms with E-state index in [1.165, 1.54) is 23.1 Å². The van der Waals surface area contributed by atoms with Gasteiger partial charge in [-0.3, -0.25) is 14.5 Å². The van der Waals surface area contributed by atoms with Crippen molar-refractivity contribution < 1.29 is 18.7 Å². The van der Waals surface area contributed by atoms with Crippen molar-refractivity contribution in [2.75, 3.05) is 25.2 Å². The van der Waals surface area contributed by atoms with Crippen LogP contribution in [0.2, 0.25) is 0 Å². The lowest BCUT2D eigenvalue weighted by Gasteiger charge is -2.28. The summed E-state index contributed by atoms with van der Waals surface area (Å²) in [5.74, 6) is -0.146. The van der Waals surface area contributed by atoms with Gasteiger partial charge in [0.1, 0.15) is 18.2 Å². The number of ether oxygens (including phenoxy) is 1. The molecule has 0 saturated carbocycles. The van der Waals surface area contributed by atoms with E-state index in [4.69, 9.17) is 4.74 Å². The number of likely N-dealkylation sites (tertiary alicyclic amines) is 1. The monoisotopic (exact) mass is 342 g/mol. The van der Waals surface area contributed by atoms with Gasteiger partial charge in [0.05, 0.1) is 7.11 Å². The van der Waals surface area contributed by atoms with Crippen LogP contribution in [0.15, 0.2) is 48.5 Å². The normalized spacial score (nSPS) is 13.8. The zero-order valence-corrected chi connectivity index (χ0v) is 13.9. The highest BCUT2D eigenvalue weighted by atomic mass is 19.1. The van der Waals surface area contributed by atoms with Crippen LogP contribution in [-0.2, 0) is 4.79 Å². The number of anilines is 1. The molecule has 0 aromatic heterocycles. The van der Waals surface area contributed by atoms with Crippen LogP contribution in [-0.4, -0.2) is 37.0 Å². The van der Waals surface area contributed by atoms with Crippen molar-refractivity contribution in [2.24, 2.45) is 0 Å². The Hall–Kier alpha value is -2.89. The fraction of sp³-hybridized carbons (Fsp3) is 0.263. The maximum atomic E-state index is 13.5. The van der Waals surface area contributed by atoms with E-state index < -0.39 is 5.82 Å². The summed E-state index contributed by atoms with van der Waals surface area (Å²) in [5.41, 5.74) is 0.859. The van der Waals surface area contributed by atoms with Gasteiger partial charge in [-0.25, -0.2) is 4.39 Å². The molecule has 25 heavy (non-hydrogen) atoms. The summed E-state index contributed by atoms with van der Waals surface area (Å²) in [6.45, 7) is 0.752. The summed E-state index contributed by atoms with van der Waals surface area (Å²) in [4.78, 5) is 28.0. The van der Waals surface area contributed by atoms with Crippen LogP contribution in [0, 0.1) is 5.82 Å². The van der Waals surface area contributed by atoms with Gasteiger partial charge in [0.15, 0.2) is 0 Å². The van der Waals surface area contributed by atoms with E-state index in [1.807, 2.05) is 0 Å². The van der Waals surface area contributed by atoms with Crippen molar-refractivity contribution >= 4 is 17.5 Å². The number of carbonyl (C=O) groups excluding carboxylic acids is 2. The second-order valence-corrected chi connectivity index (χ2v) is 5.84. The number of methoxy groups -OCH3 is 1. The smallest absolute Gasteiger partial charge is 0.259 e. The summed E-state index contributed by atoms with van der Waals surface area (Å²) in [6, 6.07) is 12.5. The quantitative estimate of drug-likeness (QED) is 0.839. The van der Waals surface area contributed by atoms with Gasteiger partial charge in [-0.15, -0.1) is 0 Å². The third-order valence-corrected chi connectivity index (χ3v) is 4.18. The molecule has 0 spiro atoms. The van der Waals surface area contributed by atoms with Crippen LogP contribution in [0.4, 0.5) is 10.1 Å². The topological polar surface area (TPSA) is 49.9 Å². The molecule has 0 atom stereocenters. The van der Waals surface area contributed by atoms with Crippen molar-refractivity contribution in [3.8, 4) is 5.75 Å². The molecule has 0 N–H and O–H groups in total. The Bertz CT molecular complexity index is 776. The molecule has 2 aromatic rings. The maximum absolute atomic E-state index is 13.5. The van der Waals surface area contributed by atoms with Crippen LogP contribution in [0.5, 0.6) is 5.75 Å². The molecule has 5 nitrogen and oxygen atoms in total. The first-order valence-corrected chi connectivity index (χ1v) is 8.08. The fourth-order valence-electron chi connectivity index (χ4n) is 2.83. The van der Waals surface area contributed by atoms with Crippen molar-refractivity contribution in [2.45, 2.75) is 12.8 Å². The number of hydrogen-bond donors (Lipinski definition) is 0. The third kappa shape index (κ3) is 3.79. The third-order valence-electron chi connectivity index (χ3n) is 4.18. The molecule has 0 aliphatic carbocycles.